The maximum Gasteiger partial charge on any atom is 0.0482 e. The molecule has 0 aliphatic rings. The molecule has 1 heterocycles. The minimum absolute atomic E-state index is 1.06. The highest BCUT2D eigenvalue weighted by Gasteiger charge is 2.20. The molecule has 0 amide bonds. The smallest absolute Gasteiger partial charge is 0.0482 e. The van der Waals surface area contributed by atoms with Crippen LogP contribution in [0.25, 0.3) is 41.7 Å². The van der Waals surface area contributed by atoms with Gasteiger partial charge in [0.15, 0.2) is 0 Å². The van der Waals surface area contributed by atoms with Crippen LogP contribution in [0.4, 0.5) is 51.2 Å². The predicted octanol–water partition coefficient (Wildman–Crippen LogP) is 16.8. The molecule has 3 nitrogen and oxygen atoms in total. The van der Waals surface area contributed by atoms with Crippen molar-refractivity contribution in [3.63, 3.8) is 0 Å². The summed E-state index contributed by atoms with van der Waals surface area (Å²) in [4.78, 5) is 7.05. The summed E-state index contributed by atoms with van der Waals surface area (Å²) >= 11 is 1.87. The second kappa shape index (κ2) is 15.3. The standard InChI is InChI=1S/C56H39N3S/c1-5-17-42(18-6-1)57(43-19-7-2-8-20-43)46-25-15-26-47(36-46)58(44-21-9-3-10-22-44)48-27-16-28-49(37-48)59(45-23-11-4-12-24-45)50-34-33-40-31-32-41-35-56-54(39-53(41)52(40)38-50)51-29-13-14-30-55(51)60-56/h1-39H. The van der Waals surface area contributed by atoms with Gasteiger partial charge in [0.1, 0.15) is 0 Å². The van der Waals surface area contributed by atoms with Crippen LogP contribution < -0.4 is 14.7 Å². The van der Waals surface area contributed by atoms with Gasteiger partial charge in [-0.1, -0.05) is 121 Å². The molecule has 0 aliphatic carbocycles. The third-order valence-electron chi connectivity index (χ3n) is 11.3. The van der Waals surface area contributed by atoms with E-state index < -0.39 is 0 Å². The number of thiophene rings is 1. The van der Waals surface area contributed by atoms with Crippen LogP contribution in [0.5, 0.6) is 0 Å². The molecule has 0 spiro atoms. The van der Waals surface area contributed by atoms with E-state index in [2.05, 4.69) is 251 Å². The minimum Gasteiger partial charge on any atom is -0.310 e. The lowest BCUT2D eigenvalue weighted by Gasteiger charge is -2.31. The number of rotatable bonds is 9. The summed E-state index contributed by atoms with van der Waals surface area (Å²) in [6.45, 7) is 0. The number of nitrogens with zero attached hydrogens (tertiary/aromatic N) is 3. The maximum atomic E-state index is 2.41. The Morgan fingerprint density at radius 1 is 0.217 bits per heavy atom. The van der Waals surface area contributed by atoms with E-state index in [0.29, 0.717) is 0 Å². The van der Waals surface area contributed by atoms with Crippen LogP contribution in [0.1, 0.15) is 0 Å². The molecule has 0 unspecified atom stereocenters. The van der Waals surface area contributed by atoms with Crippen molar-refractivity contribution < 1.29 is 0 Å². The van der Waals surface area contributed by atoms with Crippen LogP contribution in [-0.4, -0.2) is 0 Å². The fraction of sp³-hybridized carbons (Fsp3) is 0. The summed E-state index contributed by atoms with van der Waals surface area (Å²) in [6.07, 6.45) is 0. The van der Waals surface area contributed by atoms with Crippen molar-refractivity contribution in [3.05, 3.63) is 237 Å². The van der Waals surface area contributed by atoms with Crippen molar-refractivity contribution in [1.29, 1.82) is 0 Å². The predicted molar refractivity (Wildman–Crippen MR) is 258 cm³/mol. The average molecular weight is 786 g/mol. The van der Waals surface area contributed by atoms with Crippen molar-refractivity contribution in [2.45, 2.75) is 0 Å². The number of benzene rings is 10. The zero-order valence-electron chi connectivity index (χ0n) is 32.8. The van der Waals surface area contributed by atoms with E-state index in [1.807, 2.05) is 11.3 Å². The van der Waals surface area contributed by atoms with E-state index in [4.69, 9.17) is 0 Å². The van der Waals surface area contributed by atoms with Crippen LogP contribution in [0, 0.1) is 0 Å². The lowest BCUT2D eigenvalue weighted by Crippen LogP contribution is -2.14. The molecule has 11 aromatic rings. The van der Waals surface area contributed by atoms with Crippen molar-refractivity contribution in [2.24, 2.45) is 0 Å². The van der Waals surface area contributed by atoms with Gasteiger partial charge in [-0.2, -0.15) is 0 Å². The highest BCUT2D eigenvalue weighted by molar-refractivity contribution is 7.25. The van der Waals surface area contributed by atoms with E-state index in [0.717, 1.165) is 51.2 Å². The molecule has 0 saturated heterocycles. The van der Waals surface area contributed by atoms with Crippen molar-refractivity contribution in [3.8, 4) is 0 Å². The Bertz CT molecular complexity index is 3230. The van der Waals surface area contributed by atoms with Gasteiger partial charge >= 0.3 is 0 Å². The first-order chi connectivity index (χ1) is 29.7. The Morgan fingerprint density at radius 2 is 0.600 bits per heavy atom. The fourth-order valence-corrected chi connectivity index (χ4v) is 9.73. The van der Waals surface area contributed by atoms with E-state index in [-0.39, 0.29) is 0 Å². The Hall–Kier alpha value is -7.66. The summed E-state index contributed by atoms with van der Waals surface area (Å²) < 4.78 is 2.65. The molecule has 0 aliphatic heterocycles. The maximum absolute atomic E-state index is 2.41. The van der Waals surface area contributed by atoms with Crippen LogP contribution in [-0.2, 0) is 0 Å². The quantitative estimate of drug-likeness (QED) is 0.135. The number of fused-ring (bicyclic) bond motifs is 6. The molecule has 0 saturated carbocycles. The molecular formula is C56H39N3S. The average Bonchev–Trinajstić information content (AvgIpc) is 3.68. The fourth-order valence-electron chi connectivity index (χ4n) is 8.59. The second-order valence-corrected chi connectivity index (χ2v) is 16.1. The first-order valence-electron chi connectivity index (χ1n) is 20.3. The van der Waals surface area contributed by atoms with Gasteiger partial charge in [-0.25, -0.2) is 0 Å². The molecule has 0 N–H and O–H groups in total. The van der Waals surface area contributed by atoms with Gasteiger partial charge in [0, 0.05) is 71.4 Å². The topological polar surface area (TPSA) is 9.72 Å². The largest absolute Gasteiger partial charge is 0.310 e. The van der Waals surface area contributed by atoms with Gasteiger partial charge < -0.3 is 14.7 Å². The molecular weight excluding hydrogens is 747 g/mol. The zero-order valence-corrected chi connectivity index (χ0v) is 33.6. The van der Waals surface area contributed by atoms with Gasteiger partial charge in [0.25, 0.3) is 0 Å². The summed E-state index contributed by atoms with van der Waals surface area (Å²) in [5.74, 6) is 0. The summed E-state index contributed by atoms with van der Waals surface area (Å²) in [5, 5.41) is 7.62. The molecule has 1 aromatic heterocycles. The van der Waals surface area contributed by atoms with Gasteiger partial charge in [-0.15, -0.1) is 11.3 Å². The normalized spacial score (nSPS) is 11.3. The molecule has 0 atom stereocenters. The third kappa shape index (κ3) is 6.50. The molecule has 0 bridgehead atoms. The Kier molecular flexibility index (Phi) is 9.03. The van der Waals surface area contributed by atoms with E-state index in [1.54, 1.807) is 0 Å². The van der Waals surface area contributed by atoms with E-state index in [9.17, 15) is 0 Å². The minimum atomic E-state index is 1.06. The zero-order chi connectivity index (χ0) is 39.8. The molecule has 11 rings (SSSR count). The summed E-state index contributed by atoms with van der Waals surface area (Å²) in [6, 6.07) is 85.3. The number of anilines is 9. The van der Waals surface area contributed by atoms with Crippen LogP contribution >= 0.6 is 11.3 Å². The molecule has 0 radical (unpaired) electrons. The molecule has 284 valence electrons. The van der Waals surface area contributed by atoms with Crippen LogP contribution in [0.15, 0.2) is 237 Å². The number of hydrogen-bond donors (Lipinski definition) is 0. The number of hydrogen-bond acceptors (Lipinski definition) is 4. The van der Waals surface area contributed by atoms with E-state index >= 15 is 0 Å². The molecule has 60 heavy (non-hydrogen) atoms. The SMILES string of the molecule is c1ccc(N(c2ccccc2)c2cccc(N(c3ccccc3)c3cccc(N(c4ccccc4)c4ccc5ccc6cc7sc8ccccc8c7cc6c5c4)c3)c2)cc1. The molecule has 4 heteroatoms. The highest BCUT2D eigenvalue weighted by atomic mass is 32.1. The van der Waals surface area contributed by atoms with Gasteiger partial charge in [0.05, 0.1) is 0 Å². The Balaban J connectivity index is 1.06. The van der Waals surface area contributed by atoms with Crippen LogP contribution in [0.2, 0.25) is 0 Å². The lowest BCUT2D eigenvalue weighted by atomic mass is 9.99. The first kappa shape index (κ1) is 35.5. The number of para-hydroxylation sites is 4. The highest BCUT2D eigenvalue weighted by Crippen LogP contribution is 2.44. The van der Waals surface area contributed by atoms with Crippen molar-refractivity contribution in [2.75, 3.05) is 14.7 Å². The molecule has 0 fully saturated rings. The Labute approximate surface area is 353 Å². The van der Waals surface area contributed by atoms with Crippen LogP contribution in [0.3, 0.4) is 0 Å². The van der Waals surface area contributed by atoms with Gasteiger partial charge in [-0.3, -0.25) is 0 Å². The van der Waals surface area contributed by atoms with Gasteiger partial charge in [0.2, 0.25) is 0 Å². The second-order valence-electron chi connectivity index (χ2n) is 15.0. The van der Waals surface area contributed by atoms with E-state index in [1.165, 1.54) is 41.7 Å². The van der Waals surface area contributed by atoms with Crippen molar-refractivity contribution >= 4 is 104 Å². The summed E-state index contributed by atoms with van der Waals surface area (Å²) in [7, 11) is 0. The molecule has 10 aromatic carbocycles. The first-order valence-corrected chi connectivity index (χ1v) is 21.2. The van der Waals surface area contributed by atoms with Crippen molar-refractivity contribution in [1.82, 2.24) is 0 Å². The van der Waals surface area contributed by atoms with Gasteiger partial charge in [-0.05, 0) is 137 Å². The summed E-state index contributed by atoms with van der Waals surface area (Å²) in [5.41, 5.74) is 9.73. The lowest BCUT2D eigenvalue weighted by molar-refractivity contribution is 1.24. The monoisotopic (exact) mass is 785 g/mol. The Morgan fingerprint density at radius 3 is 1.12 bits per heavy atom. The third-order valence-corrected chi connectivity index (χ3v) is 12.5.